The van der Waals surface area contributed by atoms with E-state index in [9.17, 15) is 37.6 Å². The molecule has 2 amide bonds. The first-order valence-electron chi connectivity index (χ1n) is 15.6. The molecule has 1 fully saturated rings. The van der Waals surface area contributed by atoms with E-state index >= 15 is 0 Å². The van der Waals surface area contributed by atoms with Crippen LogP contribution < -0.4 is 20.4 Å². The highest BCUT2D eigenvalue weighted by Gasteiger charge is 2.48. The van der Waals surface area contributed by atoms with Gasteiger partial charge in [0.2, 0.25) is 5.43 Å². The molecule has 13 nitrogen and oxygen atoms in total. The molecule has 5 rings (SSSR count). The van der Waals surface area contributed by atoms with E-state index in [4.69, 9.17) is 14.0 Å². The number of benzene rings is 2. The molecule has 3 aromatic rings. The van der Waals surface area contributed by atoms with Crippen molar-refractivity contribution in [1.82, 2.24) is 19.9 Å². The Kier molecular flexibility index (Phi) is 12.1. The van der Waals surface area contributed by atoms with Crippen LogP contribution in [0.4, 0.5) is 8.78 Å². The number of esters is 1. The van der Waals surface area contributed by atoms with Crippen molar-refractivity contribution in [3.05, 3.63) is 93.4 Å². The van der Waals surface area contributed by atoms with Crippen LogP contribution in [0.15, 0.2) is 59.5 Å². The Labute approximate surface area is 293 Å². The third-order valence-electron chi connectivity index (χ3n) is 8.21. The number of para-hydroxylation sites is 1. The smallest absolute Gasteiger partial charge is 0.323 e. The van der Waals surface area contributed by atoms with Gasteiger partial charge in [-0.3, -0.25) is 23.7 Å². The van der Waals surface area contributed by atoms with E-state index in [1.165, 1.54) is 22.6 Å². The maximum atomic E-state index is 14.2. The highest BCUT2D eigenvalue weighted by Crippen LogP contribution is 2.44. The lowest BCUT2D eigenvalue weighted by atomic mass is 9.92. The first kappa shape index (κ1) is 38.6. The second kappa shape index (κ2) is 15.8. The number of hydrogen-bond donors (Lipinski definition) is 3. The van der Waals surface area contributed by atoms with Gasteiger partial charge in [0.15, 0.2) is 11.4 Å². The quantitative estimate of drug-likeness (QED) is 0.185. The summed E-state index contributed by atoms with van der Waals surface area (Å²) in [4.78, 5) is 54.2. The number of carbonyl (C=O) groups excluding carboxylic acids is 3. The predicted octanol–water partition coefficient (Wildman–Crippen LogP) is 3.65. The third-order valence-corrected chi connectivity index (χ3v) is 10.3. The normalized spacial score (nSPS) is 18.6. The summed E-state index contributed by atoms with van der Waals surface area (Å²) in [6.07, 6.45) is 0.824. The Balaban J connectivity index is 0.00000562. The number of hydrogen-bond acceptors (Lipinski definition) is 9. The van der Waals surface area contributed by atoms with Gasteiger partial charge in [0.05, 0.1) is 24.4 Å². The third kappa shape index (κ3) is 8.37. The van der Waals surface area contributed by atoms with Gasteiger partial charge in [-0.25, -0.2) is 13.9 Å². The number of halogens is 2. The average molecular weight is 737 g/mol. The zero-order valence-electron chi connectivity index (χ0n) is 27.6. The Bertz CT molecular complexity index is 1850. The molecule has 2 aliphatic rings. The van der Waals surface area contributed by atoms with Crippen LogP contribution in [0, 0.1) is 11.6 Å². The highest BCUT2D eigenvalue weighted by atomic mass is 32.1. The van der Waals surface area contributed by atoms with E-state index in [-0.39, 0.29) is 69.5 Å². The second-order valence-corrected chi connectivity index (χ2v) is 14.5. The van der Waals surface area contributed by atoms with E-state index in [0.717, 1.165) is 12.1 Å². The predicted molar refractivity (Wildman–Crippen MR) is 183 cm³/mol. The van der Waals surface area contributed by atoms with Crippen molar-refractivity contribution in [2.24, 2.45) is 0 Å². The summed E-state index contributed by atoms with van der Waals surface area (Å²) in [5.41, 5.74) is -3.06. The number of pyridine rings is 1. The maximum absolute atomic E-state index is 14.2. The van der Waals surface area contributed by atoms with Gasteiger partial charge >= 0.3 is 13.5 Å². The maximum Gasteiger partial charge on any atom is 0.323 e. The van der Waals surface area contributed by atoms with Crippen LogP contribution in [0.1, 0.15) is 53.6 Å². The fourth-order valence-corrected chi connectivity index (χ4v) is 7.68. The van der Waals surface area contributed by atoms with E-state index in [1.807, 2.05) is 0 Å². The van der Waals surface area contributed by atoms with Gasteiger partial charge in [-0.2, -0.15) is 13.5 Å². The van der Waals surface area contributed by atoms with Gasteiger partial charge in [0.1, 0.15) is 29.0 Å². The molecule has 3 N–H and O–H groups in total. The van der Waals surface area contributed by atoms with E-state index in [1.54, 1.807) is 44.2 Å². The number of aromatic nitrogens is 1. The number of nitrogens with zero attached hydrogens (tertiary/aromatic N) is 2. The molecular formula is C33H39F2N4O9PS. The molecule has 2 aliphatic heterocycles. The van der Waals surface area contributed by atoms with Gasteiger partial charge in [-0.15, -0.1) is 0 Å². The zero-order valence-corrected chi connectivity index (χ0v) is 29.5. The Morgan fingerprint density at radius 3 is 2.48 bits per heavy atom. The first-order chi connectivity index (χ1) is 23.2. The molecule has 1 spiro atoms. The monoisotopic (exact) mass is 736 g/mol. The van der Waals surface area contributed by atoms with Crippen molar-refractivity contribution in [3.63, 3.8) is 0 Å². The number of rotatable bonds is 12. The lowest BCUT2D eigenvalue weighted by Crippen LogP contribution is -2.56. The summed E-state index contributed by atoms with van der Waals surface area (Å²) in [7, 11) is -3.90. The lowest BCUT2D eigenvalue weighted by molar-refractivity contribution is -0.149. The SMILES string of the molecule is CC(C)OC(=O)[C@H](C)NP(=O)(CCN1C[C@@]2(CCOC2)n2cc(C(=O)NCc3ccc(F)cc3F)c(=O)c(O)c2C1=O)Oc1ccccc1.S. The van der Waals surface area contributed by atoms with Crippen LogP contribution in [0.3, 0.4) is 0 Å². The molecule has 17 heteroatoms. The zero-order chi connectivity index (χ0) is 35.5. The van der Waals surface area contributed by atoms with Gasteiger partial charge in [-0.05, 0) is 45.4 Å². The Morgan fingerprint density at radius 1 is 1.12 bits per heavy atom. The van der Waals surface area contributed by atoms with Crippen LogP contribution in [0.25, 0.3) is 0 Å². The minimum absolute atomic E-state index is 0. The van der Waals surface area contributed by atoms with E-state index in [0.29, 0.717) is 12.5 Å². The second-order valence-electron chi connectivity index (χ2n) is 12.2. The van der Waals surface area contributed by atoms with Gasteiger partial charge in [0.25, 0.3) is 11.8 Å². The Morgan fingerprint density at radius 2 is 1.84 bits per heavy atom. The van der Waals surface area contributed by atoms with Crippen molar-refractivity contribution < 1.29 is 46.8 Å². The van der Waals surface area contributed by atoms with Crippen LogP contribution in [-0.4, -0.2) is 77.0 Å². The summed E-state index contributed by atoms with van der Waals surface area (Å²) in [6.45, 7) is 4.61. The minimum Gasteiger partial charge on any atom is -0.503 e. The first-order valence-corrected chi connectivity index (χ1v) is 17.4. The van der Waals surface area contributed by atoms with Crippen molar-refractivity contribution in [3.8, 4) is 11.5 Å². The van der Waals surface area contributed by atoms with Crippen LogP contribution in [0.2, 0.25) is 0 Å². The van der Waals surface area contributed by atoms with Crippen molar-refractivity contribution in [2.75, 3.05) is 32.5 Å². The van der Waals surface area contributed by atoms with Crippen molar-refractivity contribution in [1.29, 1.82) is 0 Å². The van der Waals surface area contributed by atoms with Crippen molar-refractivity contribution >= 4 is 38.8 Å². The number of fused-ring (bicyclic) bond motifs is 2. The number of nitrogens with one attached hydrogen (secondary N) is 2. The summed E-state index contributed by atoms with van der Waals surface area (Å²) in [6, 6.07) is 10.1. The lowest BCUT2D eigenvalue weighted by Gasteiger charge is -2.43. The molecule has 0 bridgehead atoms. The molecule has 50 heavy (non-hydrogen) atoms. The van der Waals surface area contributed by atoms with E-state index < -0.39 is 71.4 Å². The van der Waals surface area contributed by atoms with Gasteiger partial charge in [-0.1, -0.05) is 24.3 Å². The van der Waals surface area contributed by atoms with Crippen LogP contribution in [-0.2, 0) is 30.9 Å². The molecule has 0 radical (unpaired) electrons. The molecule has 270 valence electrons. The molecule has 1 unspecified atom stereocenters. The summed E-state index contributed by atoms with van der Waals surface area (Å²) in [5.74, 6) is -4.77. The molecular weight excluding hydrogens is 697 g/mol. The molecule has 2 aromatic carbocycles. The van der Waals surface area contributed by atoms with E-state index in [2.05, 4.69) is 10.4 Å². The fourth-order valence-electron chi connectivity index (χ4n) is 5.74. The van der Waals surface area contributed by atoms with Crippen molar-refractivity contribution in [2.45, 2.75) is 51.4 Å². The summed E-state index contributed by atoms with van der Waals surface area (Å²) >= 11 is 0. The minimum atomic E-state index is -3.90. The van der Waals surface area contributed by atoms with Crippen LogP contribution >= 0.6 is 21.0 Å². The standard InChI is InChI=1S/C33H37F2N4O9P.H2S/c1-20(2)47-32(44)21(3)37-49(45,48-24-7-5-4-6-8-24)14-12-38-18-33(11-13-46-19-33)39-17-25(28(40)29(41)27(39)31(38)43)30(42)36-16-22-9-10-23(34)15-26(22)35;/h4-10,15,17,20-21,41H,11-14,16,18-19H2,1-3H3,(H,36,42)(H,37,45);1H2/t21-,33+,49?;/m0./s1. The Hall–Kier alpha value is -4.24. The summed E-state index contributed by atoms with van der Waals surface area (Å²) < 4.78 is 59.8. The number of carbonyl (C=O) groups is 3. The molecule has 1 aromatic heterocycles. The molecule has 0 aliphatic carbocycles. The summed E-state index contributed by atoms with van der Waals surface area (Å²) in [5, 5.41) is 16.3. The van der Waals surface area contributed by atoms with Crippen LogP contribution in [0.5, 0.6) is 11.5 Å². The molecule has 0 saturated carbocycles. The number of aromatic hydroxyl groups is 1. The molecule has 3 heterocycles. The topological polar surface area (TPSA) is 165 Å². The highest BCUT2D eigenvalue weighted by molar-refractivity contribution is 7.59. The molecule has 1 saturated heterocycles. The molecule has 3 atom stereocenters. The largest absolute Gasteiger partial charge is 0.503 e. The van der Waals surface area contributed by atoms with Gasteiger partial charge < -0.3 is 33.9 Å². The fraction of sp³-hybridized carbons (Fsp3) is 0.394. The average Bonchev–Trinajstić information content (AvgIpc) is 3.52. The van der Waals surface area contributed by atoms with Gasteiger partial charge in [0, 0.05) is 44.1 Å². The number of ether oxygens (including phenoxy) is 2. The number of amides is 2.